The zero-order valence-electron chi connectivity index (χ0n) is 10.6. The summed E-state index contributed by atoms with van der Waals surface area (Å²) in [6.45, 7) is 1.88. The molecule has 0 spiro atoms. The van der Waals surface area contributed by atoms with E-state index in [1.807, 2.05) is 25.5 Å². The summed E-state index contributed by atoms with van der Waals surface area (Å²) < 4.78 is 4.37. The van der Waals surface area contributed by atoms with E-state index in [-0.39, 0.29) is 0 Å². The Kier molecular flexibility index (Phi) is 5.49. The van der Waals surface area contributed by atoms with Crippen molar-refractivity contribution < 1.29 is 14.3 Å². The third kappa shape index (κ3) is 3.39. The number of nitrogens with one attached hydrogen (secondary N) is 1. The zero-order chi connectivity index (χ0) is 13.7. The van der Waals surface area contributed by atoms with Gasteiger partial charge in [-0.25, -0.2) is 9.78 Å². The number of hydrogen-bond donors (Lipinski definition) is 1. The molecule has 0 fully saturated rings. The van der Waals surface area contributed by atoms with Crippen LogP contribution in [0.15, 0.2) is 16.0 Å². The highest BCUT2D eigenvalue weighted by Gasteiger charge is 2.19. The summed E-state index contributed by atoms with van der Waals surface area (Å²) in [4.78, 5) is 27.8. The second kappa shape index (κ2) is 6.65. The highest BCUT2D eigenvalue weighted by Crippen LogP contribution is 2.33. The van der Waals surface area contributed by atoms with Crippen molar-refractivity contribution in [2.24, 2.45) is 0 Å². The molecule has 0 aliphatic heterocycles. The Balaban J connectivity index is 3.13. The molecular weight excluding hydrogens is 272 g/mol. The predicted octanol–water partition coefficient (Wildman–Crippen LogP) is 1.95. The van der Waals surface area contributed by atoms with Gasteiger partial charge in [0.2, 0.25) is 0 Å². The summed E-state index contributed by atoms with van der Waals surface area (Å²) >= 11 is 2.89. The van der Waals surface area contributed by atoms with Crippen LogP contribution in [0.3, 0.4) is 0 Å². The van der Waals surface area contributed by atoms with Gasteiger partial charge in [0, 0.05) is 10.6 Å². The molecule has 0 bridgehead atoms. The van der Waals surface area contributed by atoms with Gasteiger partial charge in [-0.2, -0.15) is 0 Å². The van der Waals surface area contributed by atoms with Gasteiger partial charge in [-0.3, -0.25) is 4.79 Å². The van der Waals surface area contributed by atoms with Gasteiger partial charge in [0.05, 0.1) is 12.8 Å². The summed E-state index contributed by atoms with van der Waals surface area (Å²) in [6, 6.07) is 1.86. The first-order valence-electron chi connectivity index (χ1n) is 5.02. The lowest BCUT2D eigenvalue weighted by atomic mass is 10.3. The molecule has 7 heteroatoms. The van der Waals surface area contributed by atoms with Crippen molar-refractivity contribution in [3.05, 3.63) is 11.8 Å². The lowest BCUT2D eigenvalue weighted by molar-refractivity contribution is -0.150. The number of thioether (sulfide) groups is 2. The maximum absolute atomic E-state index is 11.5. The fraction of sp³-hybridized carbons (Fsp3) is 0.364. The molecule has 1 N–H and O–H groups in total. The van der Waals surface area contributed by atoms with Gasteiger partial charge in [-0.15, -0.1) is 23.5 Å². The molecule has 1 heterocycles. The largest absolute Gasteiger partial charge is 0.462 e. The molecule has 98 valence electrons. The molecule has 0 atom stereocenters. The number of aryl methyl sites for hydroxylation is 1. The molecule has 1 amide bonds. The summed E-state index contributed by atoms with van der Waals surface area (Å²) in [5, 5.41) is 3.22. The number of rotatable bonds is 3. The van der Waals surface area contributed by atoms with Crippen LogP contribution in [0.1, 0.15) is 5.69 Å². The van der Waals surface area contributed by atoms with Crippen molar-refractivity contribution in [2.45, 2.75) is 16.8 Å². The fourth-order valence-electron chi connectivity index (χ4n) is 1.30. The number of anilines is 1. The number of aromatic nitrogens is 1. The lowest BCUT2D eigenvalue weighted by Gasteiger charge is -2.12. The number of ether oxygens (including phenoxy) is 1. The first kappa shape index (κ1) is 14.8. The van der Waals surface area contributed by atoms with Gasteiger partial charge in [-0.1, -0.05) is 0 Å². The Morgan fingerprint density at radius 2 is 2.00 bits per heavy atom. The lowest BCUT2D eigenvalue weighted by Crippen LogP contribution is -2.24. The normalized spacial score (nSPS) is 10.0. The Morgan fingerprint density at radius 3 is 2.50 bits per heavy atom. The minimum absolute atomic E-state index is 0.552. The first-order chi connectivity index (χ1) is 8.53. The number of nitrogens with zero attached hydrogens (tertiary/aromatic N) is 1. The van der Waals surface area contributed by atoms with E-state index >= 15 is 0 Å². The molecule has 0 aliphatic rings. The molecule has 0 aromatic carbocycles. The third-order valence-corrected chi connectivity index (χ3v) is 3.54. The number of carbonyl (C=O) groups excluding carboxylic acids is 2. The van der Waals surface area contributed by atoms with Gasteiger partial charge in [0.15, 0.2) is 0 Å². The molecule has 0 radical (unpaired) electrons. The van der Waals surface area contributed by atoms with E-state index in [1.165, 1.54) is 30.6 Å². The van der Waals surface area contributed by atoms with Crippen molar-refractivity contribution in [1.82, 2.24) is 4.98 Å². The highest BCUT2D eigenvalue weighted by atomic mass is 32.2. The van der Waals surface area contributed by atoms with Crippen LogP contribution in [0.4, 0.5) is 5.69 Å². The molecule has 0 saturated heterocycles. The van der Waals surface area contributed by atoms with Crippen LogP contribution in [0.2, 0.25) is 0 Å². The summed E-state index contributed by atoms with van der Waals surface area (Å²) in [7, 11) is 1.17. The summed E-state index contributed by atoms with van der Waals surface area (Å²) in [5.41, 5.74) is 1.41. The van der Waals surface area contributed by atoms with E-state index in [1.54, 1.807) is 0 Å². The second-order valence-electron chi connectivity index (χ2n) is 3.30. The van der Waals surface area contributed by atoms with E-state index in [0.29, 0.717) is 10.7 Å². The molecule has 0 aliphatic carbocycles. The van der Waals surface area contributed by atoms with Crippen LogP contribution < -0.4 is 5.32 Å². The van der Waals surface area contributed by atoms with E-state index < -0.39 is 11.9 Å². The molecule has 5 nitrogen and oxygen atoms in total. The SMILES string of the molecule is COC(=O)C(=O)Nc1c(SC)cc(C)nc1SC. The number of methoxy groups -OCH3 is 1. The van der Waals surface area contributed by atoms with E-state index in [9.17, 15) is 9.59 Å². The Hall–Kier alpha value is -1.21. The monoisotopic (exact) mass is 286 g/mol. The first-order valence-corrected chi connectivity index (χ1v) is 7.47. The third-order valence-electron chi connectivity index (χ3n) is 2.10. The summed E-state index contributed by atoms with van der Waals surface area (Å²) in [5.74, 6) is -1.72. The van der Waals surface area contributed by atoms with Crippen LogP contribution in [0.5, 0.6) is 0 Å². The number of hydrogen-bond acceptors (Lipinski definition) is 6. The molecule has 1 aromatic heterocycles. The molecule has 0 unspecified atom stereocenters. The number of carbonyl (C=O) groups is 2. The predicted molar refractivity (Wildman–Crippen MR) is 73.2 cm³/mol. The topological polar surface area (TPSA) is 68.3 Å². The Labute approximate surface area is 114 Å². The maximum atomic E-state index is 11.5. The van der Waals surface area contributed by atoms with Crippen LogP contribution >= 0.6 is 23.5 Å². The smallest absolute Gasteiger partial charge is 0.396 e. The van der Waals surface area contributed by atoms with Gasteiger partial charge in [0.25, 0.3) is 0 Å². The standard InChI is InChI=1S/C11H14N2O3S2/c1-6-5-7(17-3)8(10(12-6)18-4)13-9(14)11(15)16-2/h5H,1-4H3,(H,13,14). The van der Waals surface area contributed by atoms with E-state index in [4.69, 9.17) is 0 Å². The number of esters is 1. The molecule has 0 saturated carbocycles. The zero-order valence-corrected chi connectivity index (χ0v) is 12.2. The molecule has 1 aromatic rings. The van der Waals surface area contributed by atoms with Crippen LogP contribution in [0, 0.1) is 6.92 Å². The van der Waals surface area contributed by atoms with E-state index in [2.05, 4.69) is 15.0 Å². The van der Waals surface area contributed by atoms with Gasteiger partial charge in [0.1, 0.15) is 5.03 Å². The van der Waals surface area contributed by atoms with Crippen LogP contribution in [-0.2, 0) is 14.3 Å². The average Bonchev–Trinajstić information content (AvgIpc) is 2.38. The van der Waals surface area contributed by atoms with Crippen molar-refractivity contribution >= 4 is 41.1 Å². The van der Waals surface area contributed by atoms with Crippen molar-refractivity contribution in [2.75, 3.05) is 24.9 Å². The van der Waals surface area contributed by atoms with Crippen molar-refractivity contribution in [3.63, 3.8) is 0 Å². The molecule has 18 heavy (non-hydrogen) atoms. The van der Waals surface area contributed by atoms with Crippen LogP contribution in [-0.4, -0.2) is 36.5 Å². The fourth-order valence-corrected chi connectivity index (χ4v) is 2.60. The van der Waals surface area contributed by atoms with Gasteiger partial charge in [-0.05, 0) is 25.5 Å². The Bertz CT molecular complexity index is 452. The van der Waals surface area contributed by atoms with Crippen molar-refractivity contribution in [1.29, 1.82) is 0 Å². The molecule has 1 rings (SSSR count). The van der Waals surface area contributed by atoms with Gasteiger partial charge >= 0.3 is 11.9 Å². The molecular formula is C11H14N2O3S2. The quantitative estimate of drug-likeness (QED) is 0.520. The average molecular weight is 286 g/mol. The number of pyridine rings is 1. The summed E-state index contributed by atoms with van der Waals surface area (Å²) in [6.07, 6.45) is 3.76. The minimum atomic E-state index is -0.922. The van der Waals surface area contributed by atoms with Gasteiger partial charge < -0.3 is 10.1 Å². The second-order valence-corrected chi connectivity index (χ2v) is 4.94. The van der Waals surface area contributed by atoms with Crippen molar-refractivity contribution in [3.8, 4) is 0 Å². The highest BCUT2D eigenvalue weighted by molar-refractivity contribution is 7.99. The van der Waals surface area contributed by atoms with E-state index in [0.717, 1.165) is 10.6 Å². The number of amides is 1. The minimum Gasteiger partial charge on any atom is -0.462 e. The Morgan fingerprint density at radius 1 is 1.33 bits per heavy atom. The maximum Gasteiger partial charge on any atom is 0.396 e. The van der Waals surface area contributed by atoms with Crippen LogP contribution in [0.25, 0.3) is 0 Å².